The van der Waals surface area contributed by atoms with Crippen molar-refractivity contribution in [3.05, 3.63) is 59.8 Å². The third-order valence-corrected chi connectivity index (χ3v) is 5.25. The Morgan fingerprint density at radius 1 is 1.08 bits per heavy atom. The van der Waals surface area contributed by atoms with Crippen molar-refractivity contribution >= 4 is 16.8 Å². The summed E-state index contributed by atoms with van der Waals surface area (Å²) in [4.78, 5) is 15.9. The van der Waals surface area contributed by atoms with Gasteiger partial charge < -0.3 is 19.8 Å². The van der Waals surface area contributed by atoms with Gasteiger partial charge in [-0.25, -0.2) is 0 Å². The highest BCUT2D eigenvalue weighted by Gasteiger charge is 2.46. The number of aromatic nitrogens is 1. The fourth-order valence-electron chi connectivity index (χ4n) is 3.71. The minimum atomic E-state index is -0.265. The second-order valence-corrected chi connectivity index (χ2v) is 7.02. The molecule has 1 fully saturated rings. The number of rotatable bonds is 4. The molecule has 0 spiro atoms. The average molecular weight is 348 g/mol. The van der Waals surface area contributed by atoms with E-state index in [9.17, 15) is 4.79 Å². The zero-order chi connectivity index (χ0) is 17.6. The van der Waals surface area contributed by atoms with Crippen LogP contribution in [0.3, 0.4) is 0 Å². The van der Waals surface area contributed by atoms with E-state index in [4.69, 9.17) is 9.47 Å². The van der Waals surface area contributed by atoms with Gasteiger partial charge in [0, 0.05) is 17.1 Å². The summed E-state index contributed by atoms with van der Waals surface area (Å²) in [5.41, 5.74) is 2.91. The molecule has 0 unspecified atom stereocenters. The number of para-hydroxylation sites is 1. The molecular weight excluding hydrogens is 328 g/mol. The van der Waals surface area contributed by atoms with Crippen LogP contribution in [0.15, 0.2) is 48.7 Å². The Labute approximate surface area is 151 Å². The van der Waals surface area contributed by atoms with Crippen LogP contribution in [-0.4, -0.2) is 24.1 Å². The molecule has 5 rings (SSSR count). The lowest BCUT2D eigenvalue weighted by Gasteiger charge is -2.22. The van der Waals surface area contributed by atoms with Gasteiger partial charge in [-0.05, 0) is 42.2 Å². The van der Waals surface area contributed by atoms with E-state index >= 15 is 0 Å². The number of aromatic amines is 1. The normalized spacial score (nSPS) is 17.1. The van der Waals surface area contributed by atoms with Crippen LogP contribution >= 0.6 is 0 Å². The predicted octanol–water partition coefficient (Wildman–Crippen LogP) is 3.29. The first-order valence-corrected chi connectivity index (χ1v) is 9.00. The summed E-state index contributed by atoms with van der Waals surface area (Å²) in [7, 11) is 0. The van der Waals surface area contributed by atoms with Gasteiger partial charge in [-0.1, -0.05) is 24.3 Å². The number of nitrogens with one attached hydrogen (secondary N) is 2. The molecule has 1 amide bonds. The van der Waals surface area contributed by atoms with Gasteiger partial charge in [0.2, 0.25) is 5.91 Å². The molecule has 1 saturated carbocycles. The topological polar surface area (TPSA) is 63.4 Å². The molecule has 0 radical (unpaired) electrons. The largest absolute Gasteiger partial charge is 0.486 e. The summed E-state index contributed by atoms with van der Waals surface area (Å²) < 4.78 is 11.3. The lowest BCUT2D eigenvalue weighted by Crippen LogP contribution is -2.36. The van der Waals surface area contributed by atoms with Crippen LogP contribution in [0.25, 0.3) is 10.9 Å². The summed E-state index contributed by atoms with van der Waals surface area (Å²) in [6.07, 6.45) is 4.20. The quantitative estimate of drug-likeness (QED) is 0.760. The summed E-state index contributed by atoms with van der Waals surface area (Å²) >= 11 is 0. The Balaban J connectivity index is 1.34. The number of amides is 1. The van der Waals surface area contributed by atoms with Crippen molar-refractivity contribution in [3.63, 3.8) is 0 Å². The third kappa shape index (κ3) is 2.60. The van der Waals surface area contributed by atoms with Crippen molar-refractivity contribution in [1.29, 1.82) is 0 Å². The molecule has 1 aliphatic heterocycles. The highest BCUT2D eigenvalue weighted by molar-refractivity contribution is 5.89. The van der Waals surface area contributed by atoms with Crippen LogP contribution in [0.2, 0.25) is 0 Å². The van der Waals surface area contributed by atoms with Crippen molar-refractivity contribution in [2.45, 2.75) is 24.8 Å². The summed E-state index contributed by atoms with van der Waals surface area (Å²) in [6, 6.07) is 14.0. The minimum Gasteiger partial charge on any atom is -0.486 e. The lowest BCUT2D eigenvalue weighted by molar-refractivity contribution is -0.121. The Morgan fingerprint density at radius 2 is 1.88 bits per heavy atom. The van der Waals surface area contributed by atoms with E-state index in [1.54, 1.807) is 0 Å². The minimum absolute atomic E-state index is 0.0437. The molecule has 0 atom stereocenters. The first-order chi connectivity index (χ1) is 12.7. The fourth-order valence-corrected chi connectivity index (χ4v) is 3.71. The lowest BCUT2D eigenvalue weighted by atomic mass is 10.0. The Kier molecular flexibility index (Phi) is 3.42. The number of benzene rings is 2. The first-order valence-electron chi connectivity index (χ1n) is 9.00. The second-order valence-electron chi connectivity index (χ2n) is 7.02. The summed E-state index contributed by atoms with van der Waals surface area (Å²) in [6.45, 7) is 1.15. The van der Waals surface area contributed by atoms with Crippen molar-refractivity contribution in [2.75, 3.05) is 13.2 Å². The first kappa shape index (κ1) is 15.3. The molecule has 0 bridgehead atoms. The van der Waals surface area contributed by atoms with Gasteiger partial charge in [-0.2, -0.15) is 0 Å². The van der Waals surface area contributed by atoms with E-state index in [1.165, 1.54) is 0 Å². The number of hydrogen-bond donors (Lipinski definition) is 2. The van der Waals surface area contributed by atoms with E-state index in [0.29, 0.717) is 19.6 Å². The Morgan fingerprint density at radius 3 is 2.73 bits per heavy atom. The number of fused-ring (bicyclic) bond motifs is 2. The zero-order valence-corrected chi connectivity index (χ0v) is 14.4. The number of ether oxygens (including phenoxy) is 2. The molecule has 1 aliphatic carbocycles. The van der Waals surface area contributed by atoms with Crippen molar-refractivity contribution in [1.82, 2.24) is 10.3 Å². The van der Waals surface area contributed by atoms with Crippen LogP contribution < -0.4 is 14.8 Å². The van der Waals surface area contributed by atoms with Gasteiger partial charge in [0.1, 0.15) is 13.2 Å². The predicted molar refractivity (Wildman–Crippen MR) is 98.5 cm³/mol. The molecule has 1 aromatic heterocycles. The maximum absolute atomic E-state index is 12.7. The number of carbonyl (C=O) groups excluding carboxylic acids is 1. The zero-order valence-electron chi connectivity index (χ0n) is 14.4. The number of hydrogen-bond acceptors (Lipinski definition) is 3. The Bertz CT molecular complexity index is 988. The van der Waals surface area contributed by atoms with E-state index < -0.39 is 0 Å². The van der Waals surface area contributed by atoms with Crippen LogP contribution in [0.5, 0.6) is 11.5 Å². The molecule has 2 N–H and O–H groups in total. The van der Waals surface area contributed by atoms with Crippen LogP contribution in [0, 0.1) is 0 Å². The van der Waals surface area contributed by atoms with E-state index in [0.717, 1.165) is 46.4 Å². The van der Waals surface area contributed by atoms with Gasteiger partial charge >= 0.3 is 0 Å². The standard InChI is InChI=1S/C21H20N2O3/c24-20(11-14-13-22-17-4-2-1-3-16(14)17)23-21(7-8-21)15-5-6-18-19(12-15)26-10-9-25-18/h1-6,12-13,22H,7-11H2,(H,23,24). The van der Waals surface area contributed by atoms with Crippen LogP contribution in [0.4, 0.5) is 0 Å². The van der Waals surface area contributed by atoms with E-state index in [1.807, 2.05) is 48.7 Å². The van der Waals surface area contributed by atoms with Gasteiger partial charge in [0.05, 0.1) is 12.0 Å². The van der Waals surface area contributed by atoms with E-state index in [2.05, 4.69) is 10.3 Å². The SMILES string of the molecule is O=C(Cc1c[nH]c2ccccc12)NC1(c2ccc3c(c2)OCCO3)CC1. The highest BCUT2D eigenvalue weighted by atomic mass is 16.6. The van der Waals surface area contributed by atoms with Gasteiger partial charge in [-0.3, -0.25) is 4.79 Å². The Hall–Kier alpha value is -2.95. The summed E-state index contributed by atoms with van der Waals surface area (Å²) in [5.74, 6) is 1.59. The smallest absolute Gasteiger partial charge is 0.225 e. The molecule has 0 saturated heterocycles. The van der Waals surface area contributed by atoms with Gasteiger partial charge in [-0.15, -0.1) is 0 Å². The molecule has 26 heavy (non-hydrogen) atoms. The molecule has 5 heteroatoms. The maximum atomic E-state index is 12.7. The molecule has 5 nitrogen and oxygen atoms in total. The van der Waals surface area contributed by atoms with Crippen molar-refractivity contribution < 1.29 is 14.3 Å². The molecular formula is C21H20N2O3. The van der Waals surface area contributed by atoms with Gasteiger partial charge in [0.15, 0.2) is 11.5 Å². The van der Waals surface area contributed by atoms with Crippen LogP contribution in [0.1, 0.15) is 24.0 Å². The van der Waals surface area contributed by atoms with Gasteiger partial charge in [0.25, 0.3) is 0 Å². The monoisotopic (exact) mass is 348 g/mol. The maximum Gasteiger partial charge on any atom is 0.225 e. The van der Waals surface area contributed by atoms with Crippen molar-refractivity contribution in [2.24, 2.45) is 0 Å². The molecule has 132 valence electrons. The average Bonchev–Trinajstić information content (AvgIpc) is 3.35. The van der Waals surface area contributed by atoms with Crippen molar-refractivity contribution in [3.8, 4) is 11.5 Å². The number of carbonyl (C=O) groups is 1. The van der Waals surface area contributed by atoms with E-state index in [-0.39, 0.29) is 11.4 Å². The number of H-pyrrole nitrogens is 1. The molecule has 2 heterocycles. The molecule has 2 aromatic carbocycles. The summed E-state index contributed by atoms with van der Waals surface area (Å²) in [5, 5.41) is 4.35. The molecule has 2 aliphatic rings. The third-order valence-electron chi connectivity index (χ3n) is 5.25. The highest BCUT2D eigenvalue weighted by Crippen LogP contribution is 2.47. The fraction of sp³-hybridized carbons (Fsp3) is 0.286. The second kappa shape index (κ2) is 5.80. The van der Waals surface area contributed by atoms with Crippen LogP contribution in [-0.2, 0) is 16.8 Å². The molecule has 3 aromatic rings.